The van der Waals surface area contributed by atoms with Gasteiger partial charge in [0, 0.05) is 38.7 Å². The van der Waals surface area contributed by atoms with E-state index < -0.39 is 0 Å². The summed E-state index contributed by atoms with van der Waals surface area (Å²) in [5.41, 5.74) is 2.16. The maximum absolute atomic E-state index is 10.9. The van der Waals surface area contributed by atoms with Crippen LogP contribution in [-0.4, -0.2) is 51.3 Å². The number of carbonyl (C=O) groups is 1. The second kappa shape index (κ2) is 15.5. The van der Waals surface area contributed by atoms with Crippen molar-refractivity contribution in [2.75, 3.05) is 39.5 Å². The molecule has 1 aromatic carbocycles. The molecule has 3 N–H and O–H groups in total. The molecule has 0 saturated carbocycles. The molecule has 0 aliphatic rings. The molecule has 0 radical (unpaired) electrons. The number of nitrogens with one attached hydrogen (secondary N) is 3. The third-order valence-electron chi connectivity index (χ3n) is 3.46. The molecule has 0 heterocycles. The second-order valence-electron chi connectivity index (χ2n) is 5.76. The first-order chi connectivity index (χ1) is 12.6. The van der Waals surface area contributed by atoms with Crippen LogP contribution in [0.25, 0.3) is 0 Å². The lowest BCUT2D eigenvalue weighted by Gasteiger charge is -2.14. The van der Waals surface area contributed by atoms with Crippen LogP contribution >= 0.6 is 24.0 Å². The van der Waals surface area contributed by atoms with E-state index in [-0.39, 0.29) is 29.9 Å². The lowest BCUT2D eigenvalue weighted by Crippen LogP contribution is -2.41. The molecule has 8 heteroatoms. The fourth-order valence-corrected chi connectivity index (χ4v) is 2.21. The van der Waals surface area contributed by atoms with Gasteiger partial charge >= 0.3 is 0 Å². The predicted octanol–water partition coefficient (Wildman–Crippen LogP) is 2.22. The summed E-state index contributed by atoms with van der Waals surface area (Å²) >= 11 is 0. The Labute approximate surface area is 179 Å². The topological polar surface area (TPSA) is 84.0 Å². The number of guanidine groups is 1. The molecular weight excluding hydrogens is 459 g/mol. The number of aryl methyl sites for hydroxylation is 1. The minimum absolute atomic E-state index is 0. The number of aliphatic imine (C=N–C) groups is 1. The zero-order valence-electron chi connectivity index (χ0n) is 16.8. The Kier molecular flexibility index (Phi) is 14.6. The summed E-state index contributed by atoms with van der Waals surface area (Å²) in [6.07, 6.45) is 0. The van der Waals surface area contributed by atoms with E-state index in [0.717, 1.165) is 23.4 Å². The highest BCUT2D eigenvalue weighted by Gasteiger charge is 2.05. The van der Waals surface area contributed by atoms with Gasteiger partial charge in [0.25, 0.3) is 0 Å². The van der Waals surface area contributed by atoms with Crippen LogP contribution in [0.1, 0.15) is 31.9 Å². The van der Waals surface area contributed by atoms with Crippen molar-refractivity contribution >= 4 is 35.8 Å². The van der Waals surface area contributed by atoms with Crippen molar-refractivity contribution in [2.45, 2.75) is 34.2 Å². The third-order valence-corrected chi connectivity index (χ3v) is 3.46. The molecule has 0 aromatic heterocycles. The van der Waals surface area contributed by atoms with Crippen LogP contribution in [0.5, 0.6) is 5.75 Å². The van der Waals surface area contributed by atoms with E-state index in [1.54, 1.807) is 0 Å². The normalized spacial score (nSPS) is 10.7. The van der Waals surface area contributed by atoms with Crippen molar-refractivity contribution in [2.24, 2.45) is 4.99 Å². The Morgan fingerprint density at radius 3 is 2.52 bits per heavy atom. The number of amides is 1. The summed E-state index contributed by atoms with van der Waals surface area (Å²) < 4.78 is 11.2. The van der Waals surface area contributed by atoms with Crippen LogP contribution in [-0.2, 0) is 16.1 Å². The molecule has 27 heavy (non-hydrogen) atoms. The van der Waals surface area contributed by atoms with Gasteiger partial charge in [-0.05, 0) is 32.4 Å². The van der Waals surface area contributed by atoms with Gasteiger partial charge in [-0.3, -0.25) is 4.79 Å². The molecular formula is C19H33IN4O3. The van der Waals surface area contributed by atoms with Crippen LogP contribution in [0.3, 0.4) is 0 Å². The van der Waals surface area contributed by atoms with E-state index >= 15 is 0 Å². The molecule has 0 saturated heterocycles. The molecule has 0 fully saturated rings. The van der Waals surface area contributed by atoms with E-state index in [2.05, 4.69) is 27.0 Å². The fraction of sp³-hybridized carbons (Fsp3) is 0.579. The van der Waals surface area contributed by atoms with E-state index in [4.69, 9.17) is 9.47 Å². The molecule has 0 aliphatic carbocycles. The molecule has 0 bridgehead atoms. The maximum atomic E-state index is 10.9. The Balaban J connectivity index is 0.00000676. The molecule has 1 amide bonds. The number of nitrogens with zero attached hydrogens (tertiary/aromatic N) is 1. The molecule has 1 aromatic rings. The van der Waals surface area contributed by atoms with Crippen molar-refractivity contribution in [1.82, 2.24) is 16.0 Å². The van der Waals surface area contributed by atoms with Gasteiger partial charge in [-0.15, -0.1) is 24.0 Å². The lowest BCUT2D eigenvalue weighted by molar-refractivity contribution is -0.118. The number of carbonyl (C=O) groups excluding carboxylic acids is 1. The Bertz CT molecular complexity index is 582. The largest absolute Gasteiger partial charge is 0.491 e. The maximum Gasteiger partial charge on any atom is 0.216 e. The summed E-state index contributed by atoms with van der Waals surface area (Å²) in [5, 5.41) is 9.15. The van der Waals surface area contributed by atoms with Crippen molar-refractivity contribution in [3.63, 3.8) is 0 Å². The van der Waals surface area contributed by atoms with Gasteiger partial charge < -0.3 is 25.4 Å². The number of halogens is 1. The zero-order valence-corrected chi connectivity index (χ0v) is 19.1. The standard InChI is InChI=1S/C19H32N4O3.HI/c1-5-20-19(22-10-9-21-16(4)24)23-14-17-8-7-15(3)13-18(17)26-12-11-25-6-2;/h7-8,13H,5-6,9-12,14H2,1-4H3,(H,21,24)(H2,20,22,23);1H. The zero-order chi connectivity index (χ0) is 19.2. The molecule has 1 rings (SSSR count). The molecule has 0 unspecified atom stereocenters. The number of benzene rings is 1. The first kappa shape index (κ1) is 25.4. The summed E-state index contributed by atoms with van der Waals surface area (Å²) in [5.74, 6) is 1.50. The van der Waals surface area contributed by atoms with Gasteiger partial charge in [-0.1, -0.05) is 12.1 Å². The van der Waals surface area contributed by atoms with E-state index in [1.165, 1.54) is 6.92 Å². The number of hydrogen-bond acceptors (Lipinski definition) is 4. The van der Waals surface area contributed by atoms with Gasteiger partial charge in [0.15, 0.2) is 5.96 Å². The van der Waals surface area contributed by atoms with E-state index in [1.807, 2.05) is 32.9 Å². The minimum Gasteiger partial charge on any atom is -0.491 e. The number of hydrogen-bond donors (Lipinski definition) is 3. The van der Waals surface area contributed by atoms with Crippen molar-refractivity contribution in [1.29, 1.82) is 0 Å². The molecule has 0 spiro atoms. The number of ether oxygens (including phenoxy) is 2. The van der Waals surface area contributed by atoms with Crippen molar-refractivity contribution < 1.29 is 14.3 Å². The van der Waals surface area contributed by atoms with Crippen LogP contribution < -0.4 is 20.7 Å². The highest BCUT2D eigenvalue weighted by atomic mass is 127. The minimum atomic E-state index is -0.0396. The van der Waals surface area contributed by atoms with Crippen LogP contribution in [0.15, 0.2) is 23.2 Å². The quantitative estimate of drug-likeness (QED) is 0.191. The Morgan fingerprint density at radius 1 is 1.11 bits per heavy atom. The van der Waals surface area contributed by atoms with Gasteiger partial charge in [0.1, 0.15) is 12.4 Å². The smallest absolute Gasteiger partial charge is 0.216 e. The summed E-state index contributed by atoms with van der Waals surface area (Å²) in [4.78, 5) is 15.5. The van der Waals surface area contributed by atoms with Crippen molar-refractivity contribution in [3.8, 4) is 5.75 Å². The van der Waals surface area contributed by atoms with E-state index in [9.17, 15) is 4.79 Å². The molecule has 7 nitrogen and oxygen atoms in total. The lowest BCUT2D eigenvalue weighted by atomic mass is 10.1. The molecule has 0 atom stereocenters. The summed E-state index contributed by atoms with van der Waals surface area (Å²) in [7, 11) is 0. The van der Waals surface area contributed by atoms with Crippen LogP contribution in [0.2, 0.25) is 0 Å². The molecule has 0 aliphatic heterocycles. The first-order valence-corrected chi connectivity index (χ1v) is 9.13. The number of rotatable bonds is 11. The van der Waals surface area contributed by atoms with Crippen LogP contribution in [0, 0.1) is 6.92 Å². The first-order valence-electron chi connectivity index (χ1n) is 9.13. The van der Waals surface area contributed by atoms with E-state index in [0.29, 0.717) is 45.4 Å². The SMILES string of the molecule is CCNC(=NCc1ccc(C)cc1OCCOCC)NCCNC(C)=O.I. The van der Waals surface area contributed by atoms with Gasteiger partial charge in [0.2, 0.25) is 5.91 Å². The predicted molar refractivity (Wildman–Crippen MR) is 120 cm³/mol. The Hall–Kier alpha value is -1.55. The third kappa shape index (κ3) is 11.7. The summed E-state index contributed by atoms with van der Waals surface area (Å²) in [6.45, 7) is 11.7. The monoisotopic (exact) mass is 492 g/mol. The van der Waals surface area contributed by atoms with Gasteiger partial charge in [-0.2, -0.15) is 0 Å². The van der Waals surface area contributed by atoms with Gasteiger partial charge in [0.05, 0.1) is 13.2 Å². The second-order valence-corrected chi connectivity index (χ2v) is 5.76. The average molecular weight is 492 g/mol. The summed E-state index contributed by atoms with van der Waals surface area (Å²) in [6, 6.07) is 6.11. The van der Waals surface area contributed by atoms with Gasteiger partial charge in [-0.25, -0.2) is 4.99 Å². The Morgan fingerprint density at radius 2 is 1.85 bits per heavy atom. The highest BCUT2D eigenvalue weighted by Crippen LogP contribution is 2.21. The van der Waals surface area contributed by atoms with Crippen LogP contribution in [0.4, 0.5) is 0 Å². The fourth-order valence-electron chi connectivity index (χ4n) is 2.21. The highest BCUT2D eigenvalue weighted by molar-refractivity contribution is 14.0. The van der Waals surface area contributed by atoms with Crippen molar-refractivity contribution in [3.05, 3.63) is 29.3 Å². The average Bonchev–Trinajstić information content (AvgIpc) is 2.61. The molecule has 154 valence electrons.